The van der Waals surface area contributed by atoms with Gasteiger partial charge in [0, 0.05) is 43.7 Å². The highest BCUT2D eigenvalue weighted by molar-refractivity contribution is 7.13. The Morgan fingerprint density at radius 2 is 1.75 bits per heavy atom. The van der Waals surface area contributed by atoms with E-state index in [1.54, 1.807) is 11.5 Å². The first-order valence-electron chi connectivity index (χ1n) is 8.39. The molecule has 3 heterocycles. The Balaban J connectivity index is 1.50. The molecule has 5 nitrogen and oxygen atoms in total. The summed E-state index contributed by atoms with van der Waals surface area (Å²) in [4.78, 5) is 13.8. The lowest BCUT2D eigenvalue weighted by Crippen LogP contribution is -2.47. The van der Waals surface area contributed by atoms with Crippen molar-refractivity contribution < 1.29 is 0 Å². The standard InChI is InChI=1S/C18H21N5S/c1-13(2)17-19-8-7-16(20-17)22-9-11-23(12-10-22)18-14-5-3-4-6-15(14)24-21-18/h3-8,13H,9-12H2,1-2H3. The molecular formula is C18H21N5S. The summed E-state index contributed by atoms with van der Waals surface area (Å²) in [6.07, 6.45) is 1.87. The molecule has 1 saturated heterocycles. The van der Waals surface area contributed by atoms with E-state index in [1.807, 2.05) is 12.3 Å². The molecule has 0 bridgehead atoms. The average Bonchev–Trinajstić information content (AvgIpc) is 3.06. The minimum Gasteiger partial charge on any atom is -0.353 e. The van der Waals surface area contributed by atoms with Gasteiger partial charge in [-0.2, -0.15) is 4.37 Å². The molecule has 4 rings (SSSR count). The smallest absolute Gasteiger partial charge is 0.150 e. The molecule has 0 unspecified atom stereocenters. The summed E-state index contributed by atoms with van der Waals surface area (Å²) in [5, 5.41) is 1.26. The minimum atomic E-state index is 0.354. The highest BCUT2D eigenvalue weighted by atomic mass is 32.1. The number of hydrogen-bond acceptors (Lipinski definition) is 6. The van der Waals surface area contributed by atoms with E-state index in [1.165, 1.54) is 10.1 Å². The number of aromatic nitrogens is 3. The number of anilines is 2. The van der Waals surface area contributed by atoms with Crippen LogP contribution >= 0.6 is 11.5 Å². The highest BCUT2D eigenvalue weighted by Gasteiger charge is 2.21. The molecule has 124 valence electrons. The zero-order valence-corrected chi connectivity index (χ0v) is 14.8. The van der Waals surface area contributed by atoms with Crippen LogP contribution in [-0.2, 0) is 0 Å². The first-order valence-corrected chi connectivity index (χ1v) is 9.17. The van der Waals surface area contributed by atoms with E-state index in [2.05, 4.69) is 57.3 Å². The van der Waals surface area contributed by atoms with Gasteiger partial charge in [-0.3, -0.25) is 0 Å². The van der Waals surface area contributed by atoms with Crippen LogP contribution in [-0.4, -0.2) is 40.5 Å². The number of fused-ring (bicyclic) bond motifs is 1. The van der Waals surface area contributed by atoms with Gasteiger partial charge in [0.25, 0.3) is 0 Å². The van der Waals surface area contributed by atoms with Crippen molar-refractivity contribution in [2.45, 2.75) is 19.8 Å². The van der Waals surface area contributed by atoms with E-state index in [0.717, 1.165) is 43.6 Å². The molecule has 2 aromatic heterocycles. The molecule has 6 heteroatoms. The second-order valence-corrected chi connectivity index (χ2v) is 7.21. The summed E-state index contributed by atoms with van der Waals surface area (Å²) < 4.78 is 5.93. The van der Waals surface area contributed by atoms with Gasteiger partial charge in [-0.25, -0.2) is 9.97 Å². The fourth-order valence-corrected chi connectivity index (χ4v) is 3.86. The van der Waals surface area contributed by atoms with Gasteiger partial charge < -0.3 is 9.80 Å². The van der Waals surface area contributed by atoms with Crippen LogP contribution < -0.4 is 9.80 Å². The molecule has 1 aliphatic rings. The van der Waals surface area contributed by atoms with Gasteiger partial charge in [0.05, 0.1) is 4.70 Å². The van der Waals surface area contributed by atoms with Crippen LogP contribution in [0.15, 0.2) is 36.5 Å². The van der Waals surface area contributed by atoms with Crippen LogP contribution in [0, 0.1) is 0 Å². The molecule has 0 amide bonds. The maximum absolute atomic E-state index is 4.72. The minimum absolute atomic E-state index is 0.354. The molecule has 0 spiro atoms. The highest BCUT2D eigenvalue weighted by Crippen LogP contribution is 2.30. The Hall–Kier alpha value is -2.21. The first kappa shape index (κ1) is 15.3. The second-order valence-electron chi connectivity index (χ2n) is 6.40. The van der Waals surface area contributed by atoms with E-state index in [4.69, 9.17) is 4.98 Å². The predicted molar refractivity (Wildman–Crippen MR) is 100 cm³/mol. The Morgan fingerprint density at radius 1 is 1.00 bits per heavy atom. The van der Waals surface area contributed by atoms with Gasteiger partial charge in [-0.05, 0) is 29.7 Å². The number of rotatable bonds is 3. The van der Waals surface area contributed by atoms with Crippen molar-refractivity contribution >= 4 is 33.3 Å². The molecule has 3 aromatic rings. The van der Waals surface area contributed by atoms with E-state index in [9.17, 15) is 0 Å². The zero-order chi connectivity index (χ0) is 16.5. The maximum Gasteiger partial charge on any atom is 0.150 e. The van der Waals surface area contributed by atoms with Gasteiger partial charge in [-0.15, -0.1) is 0 Å². The van der Waals surface area contributed by atoms with Crippen molar-refractivity contribution in [3.63, 3.8) is 0 Å². The molecule has 0 aliphatic carbocycles. The third-order valence-electron chi connectivity index (χ3n) is 4.44. The van der Waals surface area contributed by atoms with E-state index in [0.29, 0.717) is 5.92 Å². The Bertz CT molecular complexity index is 836. The van der Waals surface area contributed by atoms with Crippen molar-refractivity contribution in [3.8, 4) is 0 Å². The van der Waals surface area contributed by atoms with E-state index < -0.39 is 0 Å². The maximum atomic E-state index is 4.72. The SMILES string of the molecule is CC(C)c1nccc(N2CCN(c3nsc4ccccc34)CC2)n1. The van der Waals surface area contributed by atoms with Crippen molar-refractivity contribution in [1.29, 1.82) is 0 Å². The summed E-state index contributed by atoms with van der Waals surface area (Å²) in [7, 11) is 0. The predicted octanol–water partition coefficient (Wildman–Crippen LogP) is 3.54. The third kappa shape index (κ3) is 2.82. The normalized spacial score (nSPS) is 15.5. The molecule has 0 N–H and O–H groups in total. The number of benzene rings is 1. The molecule has 1 aliphatic heterocycles. The van der Waals surface area contributed by atoms with Gasteiger partial charge in [-0.1, -0.05) is 26.0 Å². The molecule has 0 saturated carbocycles. The van der Waals surface area contributed by atoms with Gasteiger partial charge in [0.1, 0.15) is 17.5 Å². The molecule has 1 fully saturated rings. The Kier molecular flexibility index (Phi) is 4.06. The number of hydrogen-bond donors (Lipinski definition) is 0. The summed E-state index contributed by atoms with van der Waals surface area (Å²) in [6.45, 7) is 8.11. The van der Waals surface area contributed by atoms with Gasteiger partial charge in [0.15, 0.2) is 0 Å². The van der Waals surface area contributed by atoms with E-state index in [-0.39, 0.29) is 0 Å². The molecule has 0 atom stereocenters. The molecular weight excluding hydrogens is 318 g/mol. The van der Waals surface area contributed by atoms with Crippen LogP contribution in [0.1, 0.15) is 25.6 Å². The topological polar surface area (TPSA) is 45.2 Å². The molecule has 0 radical (unpaired) electrons. The first-order chi connectivity index (χ1) is 11.7. The summed E-state index contributed by atoms with van der Waals surface area (Å²) >= 11 is 1.58. The summed E-state index contributed by atoms with van der Waals surface area (Å²) in [5.41, 5.74) is 0. The Labute approximate surface area is 146 Å². The monoisotopic (exact) mass is 339 g/mol. The number of piperazine rings is 1. The van der Waals surface area contributed by atoms with Crippen LogP contribution in [0.25, 0.3) is 10.1 Å². The third-order valence-corrected chi connectivity index (χ3v) is 5.25. The van der Waals surface area contributed by atoms with Crippen molar-refractivity contribution in [1.82, 2.24) is 14.3 Å². The summed E-state index contributed by atoms with van der Waals surface area (Å²) in [5.74, 6) is 3.44. The lowest BCUT2D eigenvalue weighted by Gasteiger charge is -2.35. The molecule has 1 aromatic carbocycles. The summed E-state index contributed by atoms with van der Waals surface area (Å²) in [6, 6.07) is 10.5. The van der Waals surface area contributed by atoms with Crippen LogP contribution in [0.4, 0.5) is 11.6 Å². The van der Waals surface area contributed by atoms with Crippen molar-refractivity contribution in [2.75, 3.05) is 36.0 Å². The van der Waals surface area contributed by atoms with Gasteiger partial charge in [0.2, 0.25) is 0 Å². The fraction of sp³-hybridized carbons (Fsp3) is 0.389. The van der Waals surface area contributed by atoms with Crippen molar-refractivity contribution in [3.05, 3.63) is 42.4 Å². The molecule has 24 heavy (non-hydrogen) atoms. The lowest BCUT2D eigenvalue weighted by atomic mass is 10.2. The van der Waals surface area contributed by atoms with Crippen LogP contribution in [0.5, 0.6) is 0 Å². The van der Waals surface area contributed by atoms with Crippen LogP contribution in [0.3, 0.4) is 0 Å². The van der Waals surface area contributed by atoms with E-state index >= 15 is 0 Å². The lowest BCUT2D eigenvalue weighted by molar-refractivity contribution is 0.640. The van der Waals surface area contributed by atoms with Gasteiger partial charge >= 0.3 is 0 Å². The second kappa shape index (κ2) is 6.36. The van der Waals surface area contributed by atoms with Crippen molar-refractivity contribution in [2.24, 2.45) is 0 Å². The fourth-order valence-electron chi connectivity index (χ4n) is 3.07. The Morgan fingerprint density at radius 3 is 2.54 bits per heavy atom. The zero-order valence-electron chi connectivity index (χ0n) is 14.0. The largest absolute Gasteiger partial charge is 0.353 e. The quantitative estimate of drug-likeness (QED) is 0.730. The van der Waals surface area contributed by atoms with Crippen LogP contribution in [0.2, 0.25) is 0 Å². The number of nitrogens with zero attached hydrogens (tertiary/aromatic N) is 5. The average molecular weight is 339 g/mol.